The Morgan fingerprint density at radius 2 is 1.26 bits per heavy atom. The predicted molar refractivity (Wildman–Crippen MR) is 114 cm³/mol. The van der Waals surface area contributed by atoms with Gasteiger partial charge >= 0.3 is 0 Å². The van der Waals surface area contributed by atoms with Crippen molar-refractivity contribution in [3.8, 4) is 16.8 Å². The van der Waals surface area contributed by atoms with Crippen molar-refractivity contribution in [2.24, 2.45) is 0 Å². The van der Waals surface area contributed by atoms with E-state index in [-0.39, 0.29) is 5.82 Å². The standard InChI is InChI=1S/C24H15BrFN/c25-18-9-6-16(7-10-18)17-8-12-23-21(14-17)22-15-19(26)11-13-24(22)27(23)20-4-2-1-3-5-20/h1-15H. The number of hydrogen-bond donors (Lipinski definition) is 0. The number of rotatable bonds is 2. The molecule has 0 saturated heterocycles. The molecule has 3 heteroatoms. The molecule has 0 saturated carbocycles. The van der Waals surface area contributed by atoms with Crippen molar-refractivity contribution in [2.75, 3.05) is 0 Å². The second-order valence-electron chi connectivity index (χ2n) is 6.57. The monoisotopic (exact) mass is 415 g/mol. The van der Waals surface area contributed by atoms with Crippen molar-refractivity contribution in [3.63, 3.8) is 0 Å². The largest absolute Gasteiger partial charge is 0.309 e. The maximum atomic E-state index is 14.0. The first kappa shape index (κ1) is 16.3. The summed E-state index contributed by atoms with van der Waals surface area (Å²) >= 11 is 3.48. The number of aromatic nitrogens is 1. The van der Waals surface area contributed by atoms with Crippen molar-refractivity contribution in [1.29, 1.82) is 0 Å². The number of nitrogens with zero attached hydrogens (tertiary/aromatic N) is 1. The summed E-state index contributed by atoms with van der Waals surface area (Å²) in [4.78, 5) is 0. The normalized spacial score (nSPS) is 11.3. The molecule has 0 amide bonds. The fourth-order valence-corrected chi connectivity index (χ4v) is 3.94. The van der Waals surface area contributed by atoms with Gasteiger partial charge in [-0.1, -0.05) is 52.3 Å². The summed E-state index contributed by atoms with van der Waals surface area (Å²) in [6.07, 6.45) is 0. The molecule has 0 aliphatic rings. The fraction of sp³-hybridized carbons (Fsp3) is 0. The van der Waals surface area contributed by atoms with E-state index in [9.17, 15) is 4.39 Å². The first-order chi connectivity index (χ1) is 13.2. The van der Waals surface area contributed by atoms with Crippen LogP contribution in [-0.2, 0) is 0 Å². The Hall–Kier alpha value is -2.91. The maximum Gasteiger partial charge on any atom is 0.123 e. The van der Waals surface area contributed by atoms with Gasteiger partial charge in [-0.3, -0.25) is 0 Å². The molecule has 0 fully saturated rings. The zero-order chi connectivity index (χ0) is 18.4. The van der Waals surface area contributed by atoms with Gasteiger partial charge in [0, 0.05) is 20.9 Å². The minimum absolute atomic E-state index is 0.219. The molecule has 0 aliphatic carbocycles. The van der Waals surface area contributed by atoms with Gasteiger partial charge in [0.05, 0.1) is 11.0 Å². The lowest BCUT2D eigenvalue weighted by Gasteiger charge is -2.08. The first-order valence-electron chi connectivity index (χ1n) is 8.76. The lowest BCUT2D eigenvalue weighted by molar-refractivity contribution is 0.629. The molecule has 0 spiro atoms. The zero-order valence-corrected chi connectivity index (χ0v) is 15.9. The Balaban J connectivity index is 1.84. The number of halogens is 2. The molecular formula is C24H15BrFN. The van der Waals surface area contributed by atoms with Crippen LogP contribution in [0.15, 0.2) is 95.5 Å². The Labute approximate surface area is 164 Å². The molecule has 0 N–H and O–H groups in total. The fourth-order valence-electron chi connectivity index (χ4n) is 3.67. The average molecular weight is 416 g/mol. The Morgan fingerprint density at radius 3 is 2.00 bits per heavy atom. The SMILES string of the molecule is Fc1ccc2c(c1)c1cc(-c3ccc(Br)cc3)ccc1n2-c1ccccc1. The third kappa shape index (κ3) is 2.75. The molecule has 0 atom stereocenters. The average Bonchev–Trinajstić information content (AvgIpc) is 3.02. The lowest BCUT2D eigenvalue weighted by Crippen LogP contribution is -1.93. The van der Waals surface area contributed by atoms with Crippen molar-refractivity contribution in [3.05, 3.63) is 101 Å². The predicted octanol–water partition coefficient (Wildman–Crippen LogP) is 7.35. The number of fused-ring (bicyclic) bond motifs is 3. The third-order valence-corrected chi connectivity index (χ3v) is 5.45. The summed E-state index contributed by atoms with van der Waals surface area (Å²) < 4.78 is 17.3. The third-order valence-electron chi connectivity index (χ3n) is 4.92. The second kappa shape index (κ2) is 6.36. The van der Waals surface area contributed by atoms with Gasteiger partial charge in [-0.05, 0) is 65.7 Å². The maximum absolute atomic E-state index is 14.0. The molecule has 130 valence electrons. The molecule has 1 nitrogen and oxygen atoms in total. The summed E-state index contributed by atoms with van der Waals surface area (Å²) in [6, 6.07) is 29.8. The number of benzene rings is 4. The van der Waals surface area contributed by atoms with E-state index in [4.69, 9.17) is 0 Å². The minimum Gasteiger partial charge on any atom is -0.309 e. The van der Waals surface area contributed by atoms with Crippen LogP contribution in [-0.4, -0.2) is 4.57 Å². The summed E-state index contributed by atoms with van der Waals surface area (Å²) in [7, 11) is 0. The second-order valence-corrected chi connectivity index (χ2v) is 7.49. The first-order valence-corrected chi connectivity index (χ1v) is 9.55. The van der Waals surface area contributed by atoms with Gasteiger partial charge in [-0.2, -0.15) is 0 Å². The van der Waals surface area contributed by atoms with Crippen molar-refractivity contribution >= 4 is 37.7 Å². The molecule has 27 heavy (non-hydrogen) atoms. The van der Waals surface area contributed by atoms with Crippen LogP contribution >= 0.6 is 15.9 Å². The van der Waals surface area contributed by atoms with Crippen LogP contribution in [0.2, 0.25) is 0 Å². The number of hydrogen-bond acceptors (Lipinski definition) is 0. The summed E-state index contributed by atoms with van der Waals surface area (Å²) in [5.74, 6) is -0.219. The lowest BCUT2D eigenvalue weighted by atomic mass is 10.0. The molecule has 0 aliphatic heterocycles. The highest BCUT2D eigenvalue weighted by molar-refractivity contribution is 9.10. The van der Waals surface area contributed by atoms with Crippen LogP contribution in [0.4, 0.5) is 4.39 Å². The smallest absolute Gasteiger partial charge is 0.123 e. The molecule has 0 unspecified atom stereocenters. The van der Waals surface area contributed by atoms with Crippen LogP contribution in [0.1, 0.15) is 0 Å². The van der Waals surface area contributed by atoms with Gasteiger partial charge in [-0.15, -0.1) is 0 Å². The van der Waals surface area contributed by atoms with Crippen LogP contribution in [0.25, 0.3) is 38.6 Å². The van der Waals surface area contributed by atoms with E-state index in [2.05, 4.69) is 63.0 Å². The van der Waals surface area contributed by atoms with Crippen LogP contribution < -0.4 is 0 Å². The highest BCUT2D eigenvalue weighted by atomic mass is 79.9. The van der Waals surface area contributed by atoms with Crippen molar-refractivity contribution in [2.45, 2.75) is 0 Å². The van der Waals surface area contributed by atoms with Crippen LogP contribution in [0, 0.1) is 5.82 Å². The molecule has 5 aromatic rings. The van der Waals surface area contributed by atoms with Crippen LogP contribution in [0.3, 0.4) is 0 Å². The molecule has 1 heterocycles. The molecule has 4 aromatic carbocycles. The van der Waals surface area contributed by atoms with Crippen LogP contribution in [0.5, 0.6) is 0 Å². The zero-order valence-electron chi connectivity index (χ0n) is 14.4. The Kier molecular flexibility index (Phi) is 3.83. The molecule has 0 radical (unpaired) electrons. The van der Waals surface area contributed by atoms with Gasteiger partial charge in [-0.25, -0.2) is 4.39 Å². The Morgan fingerprint density at radius 1 is 0.630 bits per heavy atom. The Bertz CT molecular complexity index is 1270. The summed E-state index contributed by atoms with van der Waals surface area (Å²) in [5, 5.41) is 1.97. The summed E-state index contributed by atoms with van der Waals surface area (Å²) in [5.41, 5.74) is 5.40. The topological polar surface area (TPSA) is 4.93 Å². The quantitative estimate of drug-likeness (QED) is 0.284. The molecule has 5 rings (SSSR count). The van der Waals surface area contributed by atoms with Crippen molar-refractivity contribution < 1.29 is 4.39 Å². The van der Waals surface area contributed by atoms with Gasteiger partial charge in [0.25, 0.3) is 0 Å². The number of para-hydroxylation sites is 1. The molecule has 0 bridgehead atoms. The minimum atomic E-state index is -0.219. The van der Waals surface area contributed by atoms with Crippen molar-refractivity contribution in [1.82, 2.24) is 4.57 Å². The summed E-state index contributed by atoms with van der Waals surface area (Å²) in [6.45, 7) is 0. The highest BCUT2D eigenvalue weighted by Gasteiger charge is 2.13. The van der Waals surface area contributed by atoms with Gasteiger partial charge in [0.15, 0.2) is 0 Å². The van der Waals surface area contributed by atoms with E-state index in [1.807, 2.05) is 36.4 Å². The van der Waals surface area contributed by atoms with E-state index >= 15 is 0 Å². The van der Waals surface area contributed by atoms with Gasteiger partial charge < -0.3 is 4.57 Å². The highest BCUT2D eigenvalue weighted by Crippen LogP contribution is 2.35. The van der Waals surface area contributed by atoms with E-state index in [0.717, 1.165) is 43.1 Å². The van der Waals surface area contributed by atoms with E-state index in [1.54, 1.807) is 6.07 Å². The van der Waals surface area contributed by atoms with Gasteiger partial charge in [0.2, 0.25) is 0 Å². The van der Waals surface area contributed by atoms with E-state index in [1.165, 1.54) is 6.07 Å². The van der Waals surface area contributed by atoms with E-state index < -0.39 is 0 Å². The molecular weight excluding hydrogens is 401 g/mol. The van der Waals surface area contributed by atoms with Gasteiger partial charge in [0.1, 0.15) is 5.82 Å². The molecule has 1 aromatic heterocycles. The van der Waals surface area contributed by atoms with E-state index in [0.29, 0.717) is 0 Å².